The number of anilines is 3. The monoisotopic (exact) mass is 623 g/mol. The van der Waals surface area contributed by atoms with Gasteiger partial charge in [-0.25, -0.2) is 4.79 Å². The lowest BCUT2D eigenvalue weighted by atomic mass is 10.1. The summed E-state index contributed by atoms with van der Waals surface area (Å²) in [6.45, 7) is 6.61. The van der Waals surface area contributed by atoms with E-state index >= 15 is 0 Å². The molecule has 0 saturated carbocycles. The van der Waals surface area contributed by atoms with E-state index in [1.807, 2.05) is 60.7 Å². The SMILES string of the molecule is CC(C)(C)OC(=O)Nc1ccccc1C(=O)N1CCC[C@H]1C(=O)Nc1ccc(/C=C/c2ccc(NC(=O)[C@@H]3CCCN3)cc2)cc1. The van der Waals surface area contributed by atoms with Gasteiger partial charge in [0.2, 0.25) is 11.8 Å². The molecule has 46 heavy (non-hydrogen) atoms. The van der Waals surface area contributed by atoms with E-state index in [4.69, 9.17) is 4.74 Å². The normalized spacial score (nSPS) is 17.9. The fourth-order valence-corrected chi connectivity index (χ4v) is 5.54. The summed E-state index contributed by atoms with van der Waals surface area (Å²) in [7, 11) is 0. The van der Waals surface area contributed by atoms with Gasteiger partial charge in [-0.2, -0.15) is 0 Å². The molecule has 0 spiro atoms. The van der Waals surface area contributed by atoms with Gasteiger partial charge in [0.25, 0.3) is 5.91 Å². The van der Waals surface area contributed by atoms with Crippen molar-refractivity contribution < 1.29 is 23.9 Å². The maximum absolute atomic E-state index is 13.6. The van der Waals surface area contributed by atoms with Crippen molar-refractivity contribution in [2.75, 3.05) is 29.0 Å². The summed E-state index contributed by atoms with van der Waals surface area (Å²) >= 11 is 0. The summed E-state index contributed by atoms with van der Waals surface area (Å²) in [5.41, 5.74) is 3.28. The van der Waals surface area contributed by atoms with Crippen LogP contribution in [0.4, 0.5) is 21.9 Å². The van der Waals surface area contributed by atoms with Crippen LogP contribution in [0.15, 0.2) is 72.8 Å². The number of hydrogen-bond donors (Lipinski definition) is 4. The average Bonchev–Trinajstić information content (AvgIpc) is 3.74. The number of benzene rings is 3. The van der Waals surface area contributed by atoms with E-state index in [-0.39, 0.29) is 23.8 Å². The second-order valence-corrected chi connectivity index (χ2v) is 12.5. The molecule has 2 heterocycles. The summed E-state index contributed by atoms with van der Waals surface area (Å²) in [6.07, 6.45) is 6.41. The van der Waals surface area contributed by atoms with Crippen molar-refractivity contribution in [1.82, 2.24) is 10.2 Å². The lowest BCUT2D eigenvalue weighted by Gasteiger charge is -2.25. The van der Waals surface area contributed by atoms with Crippen LogP contribution in [0.2, 0.25) is 0 Å². The van der Waals surface area contributed by atoms with Gasteiger partial charge in [-0.3, -0.25) is 19.7 Å². The standard InChI is InChI=1S/C36H41N5O5/c1-36(2,3)46-35(45)40-29-9-5-4-8-28(29)34(44)41-23-7-11-31(41)33(43)39-27-20-16-25(17-21-27)13-12-24-14-18-26(19-15-24)38-32(42)30-10-6-22-37-30/h4-5,8-9,12-21,30-31,37H,6-7,10-11,22-23H2,1-3H3,(H,38,42)(H,39,43)(H,40,45)/b13-12+/t30-,31-/m0/s1. The van der Waals surface area contributed by atoms with E-state index in [0.29, 0.717) is 36.3 Å². The highest BCUT2D eigenvalue weighted by molar-refractivity contribution is 6.06. The van der Waals surface area contributed by atoms with Gasteiger partial charge in [0, 0.05) is 17.9 Å². The number of nitrogens with one attached hydrogen (secondary N) is 4. The number of hydrogen-bond acceptors (Lipinski definition) is 6. The quantitative estimate of drug-likeness (QED) is 0.223. The van der Waals surface area contributed by atoms with E-state index < -0.39 is 17.7 Å². The molecule has 3 aromatic carbocycles. The van der Waals surface area contributed by atoms with E-state index in [0.717, 1.165) is 36.2 Å². The molecule has 4 amide bonds. The molecule has 2 saturated heterocycles. The highest BCUT2D eigenvalue weighted by Gasteiger charge is 2.35. The van der Waals surface area contributed by atoms with Crippen molar-refractivity contribution in [2.45, 2.75) is 64.1 Å². The lowest BCUT2D eigenvalue weighted by molar-refractivity contribution is -0.120. The minimum absolute atomic E-state index is 0.00172. The molecule has 4 N–H and O–H groups in total. The fourth-order valence-electron chi connectivity index (χ4n) is 5.54. The average molecular weight is 624 g/mol. The number of likely N-dealkylation sites (tertiary alicyclic amines) is 1. The second-order valence-electron chi connectivity index (χ2n) is 12.5. The van der Waals surface area contributed by atoms with Crippen LogP contribution in [0.3, 0.4) is 0 Å². The molecular weight excluding hydrogens is 582 g/mol. The van der Waals surface area contributed by atoms with Crippen LogP contribution in [0, 0.1) is 0 Å². The number of amides is 4. The Hall–Kier alpha value is -4.96. The van der Waals surface area contributed by atoms with Gasteiger partial charge < -0.3 is 25.6 Å². The van der Waals surface area contributed by atoms with Gasteiger partial charge in [0.05, 0.1) is 17.3 Å². The maximum Gasteiger partial charge on any atom is 0.412 e. The molecule has 0 unspecified atom stereocenters. The first kappa shape index (κ1) is 32.4. The third-order valence-corrected chi connectivity index (χ3v) is 7.81. The van der Waals surface area contributed by atoms with E-state index in [9.17, 15) is 19.2 Å². The molecule has 2 atom stereocenters. The first-order chi connectivity index (χ1) is 22.1. The number of ether oxygens (including phenoxy) is 1. The summed E-state index contributed by atoms with van der Waals surface area (Å²) in [6, 6.07) is 21.1. The summed E-state index contributed by atoms with van der Waals surface area (Å²) < 4.78 is 5.35. The zero-order valence-corrected chi connectivity index (χ0v) is 26.5. The van der Waals surface area contributed by atoms with Gasteiger partial charge in [-0.15, -0.1) is 0 Å². The summed E-state index contributed by atoms with van der Waals surface area (Å²) in [4.78, 5) is 53.1. The largest absolute Gasteiger partial charge is 0.444 e. The summed E-state index contributed by atoms with van der Waals surface area (Å²) in [5, 5.41) is 11.8. The molecule has 10 heteroatoms. The van der Waals surface area contributed by atoms with E-state index in [2.05, 4.69) is 21.3 Å². The van der Waals surface area contributed by atoms with Crippen LogP contribution in [0.25, 0.3) is 12.2 Å². The number of nitrogens with zero attached hydrogens (tertiary/aromatic N) is 1. The lowest BCUT2D eigenvalue weighted by Crippen LogP contribution is -2.43. The van der Waals surface area contributed by atoms with Gasteiger partial charge in [0.15, 0.2) is 0 Å². The smallest absolute Gasteiger partial charge is 0.412 e. The number of carbonyl (C=O) groups is 4. The van der Waals surface area contributed by atoms with Crippen LogP contribution in [-0.2, 0) is 14.3 Å². The van der Waals surface area contributed by atoms with Crippen LogP contribution in [0.5, 0.6) is 0 Å². The molecule has 2 aliphatic rings. The summed E-state index contributed by atoms with van der Waals surface area (Å²) in [5.74, 6) is -0.591. The highest BCUT2D eigenvalue weighted by Crippen LogP contribution is 2.26. The minimum atomic E-state index is -0.685. The Morgan fingerprint density at radius 3 is 1.98 bits per heavy atom. The second kappa shape index (κ2) is 14.4. The molecule has 2 aliphatic heterocycles. The zero-order chi connectivity index (χ0) is 32.7. The van der Waals surface area contributed by atoms with Crippen molar-refractivity contribution in [1.29, 1.82) is 0 Å². The van der Waals surface area contributed by atoms with Crippen LogP contribution < -0.4 is 21.3 Å². The van der Waals surface area contributed by atoms with Crippen molar-refractivity contribution >= 4 is 53.0 Å². The number of para-hydroxylation sites is 1. The van der Waals surface area contributed by atoms with Crippen molar-refractivity contribution in [3.63, 3.8) is 0 Å². The van der Waals surface area contributed by atoms with E-state index in [1.165, 1.54) is 0 Å². The molecule has 3 aromatic rings. The Morgan fingerprint density at radius 1 is 0.783 bits per heavy atom. The number of rotatable bonds is 8. The van der Waals surface area contributed by atoms with E-state index in [1.54, 1.807) is 49.9 Å². The topological polar surface area (TPSA) is 129 Å². The minimum Gasteiger partial charge on any atom is -0.444 e. The Kier molecular flexibility index (Phi) is 10.2. The van der Waals surface area contributed by atoms with Gasteiger partial charge in [-0.1, -0.05) is 48.6 Å². The Labute approximate surface area is 269 Å². The Balaban J connectivity index is 1.16. The molecule has 0 aromatic heterocycles. The fraction of sp³-hybridized carbons (Fsp3) is 0.333. The van der Waals surface area contributed by atoms with Crippen molar-refractivity contribution in [2.24, 2.45) is 0 Å². The molecule has 5 rings (SSSR count). The first-order valence-electron chi connectivity index (χ1n) is 15.7. The molecule has 0 aliphatic carbocycles. The first-order valence-corrected chi connectivity index (χ1v) is 15.7. The number of carbonyl (C=O) groups excluding carboxylic acids is 4. The molecule has 240 valence electrons. The van der Waals surface area contributed by atoms with Gasteiger partial charge in [0.1, 0.15) is 11.6 Å². The molecular formula is C36H41N5O5. The molecule has 0 radical (unpaired) electrons. The van der Waals surface area contributed by atoms with Crippen molar-refractivity contribution in [3.8, 4) is 0 Å². The molecule has 2 fully saturated rings. The van der Waals surface area contributed by atoms with Crippen LogP contribution in [0.1, 0.15) is 67.9 Å². The molecule has 10 nitrogen and oxygen atoms in total. The van der Waals surface area contributed by atoms with Gasteiger partial charge >= 0.3 is 6.09 Å². The van der Waals surface area contributed by atoms with Crippen LogP contribution in [-0.4, -0.2) is 59.5 Å². The Morgan fingerprint density at radius 2 is 1.39 bits per heavy atom. The van der Waals surface area contributed by atoms with Gasteiger partial charge in [-0.05, 0) is 101 Å². The third-order valence-electron chi connectivity index (χ3n) is 7.81. The Bertz CT molecular complexity index is 1590. The predicted octanol–water partition coefficient (Wildman–Crippen LogP) is 6.14. The highest BCUT2D eigenvalue weighted by atomic mass is 16.6. The maximum atomic E-state index is 13.6. The van der Waals surface area contributed by atoms with Crippen LogP contribution >= 0.6 is 0 Å². The molecule has 0 bridgehead atoms. The predicted molar refractivity (Wildman–Crippen MR) is 180 cm³/mol. The van der Waals surface area contributed by atoms with Crippen molar-refractivity contribution in [3.05, 3.63) is 89.5 Å². The third kappa shape index (κ3) is 8.60. The zero-order valence-electron chi connectivity index (χ0n) is 26.5.